The molecule has 1 N–H and O–H groups in total. The smallest absolute Gasteiger partial charge is 0.293 e. The fourth-order valence-corrected chi connectivity index (χ4v) is 5.07. The standard InChI is InChI=1S/C20H24N6O4S/c1-15-4-3-7-24-14-16(22-20(15)24)13-21-18-6-5-17(12-19(18)26(27)28)31(29,30)25-10-8-23(2)9-11-25/h3-7,12,14,21H,8-11,13H2,1-2H3. The third-order valence-corrected chi connectivity index (χ3v) is 7.35. The van der Waals surface area contributed by atoms with Crippen LogP contribution in [0.15, 0.2) is 47.6 Å². The van der Waals surface area contributed by atoms with Gasteiger partial charge in [0.1, 0.15) is 11.3 Å². The van der Waals surface area contributed by atoms with Crippen LogP contribution in [-0.2, 0) is 16.6 Å². The second-order valence-electron chi connectivity index (χ2n) is 7.65. The summed E-state index contributed by atoms with van der Waals surface area (Å²) in [5, 5.41) is 14.7. The highest BCUT2D eigenvalue weighted by molar-refractivity contribution is 7.89. The fraction of sp³-hybridized carbons (Fsp3) is 0.350. The molecule has 31 heavy (non-hydrogen) atoms. The number of anilines is 1. The van der Waals surface area contributed by atoms with E-state index in [1.54, 1.807) is 0 Å². The van der Waals surface area contributed by atoms with Crippen molar-refractivity contribution in [2.24, 2.45) is 0 Å². The first kappa shape index (κ1) is 21.2. The number of nitro benzene ring substituents is 1. The Labute approximate surface area is 180 Å². The van der Waals surface area contributed by atoms with E-state index in [1.807, 2.05) is 47.8 Å². The fourth-order valence-electron chi connectivity index (χ4n) is 3.63. The van der Waals surface area contributed by atoms with Crippen LogP contribution >= 0.6 is 0 Å². The number of imidazole rings is 1. The van der Waals surface area contributed by atoms with Crippen molar-refractivity contribution in [2.45, 2.75) is 18.4 Å². The third kappa shape index (κ3) is 4.24. The van der Waals surface area contributed by atoms with Gasteiger partial charge in [-0.1, -0.05) is 6.07 Å². The van der Waals surface area contributed by atoms with Crippen LogP contribution in [0, 0.1) is 17.0 Å². The first-order valence-corrected chi connectivity index (χ1v) is 11.3. The maximum absolute atomic E-state index is 12.9. The highest BCUT2D eigenvalue weighted by Crippen LogP contribution is 2.29. The SMILES string of the molecule is Cc1cccn2cc(CNc3ccc(S(=O)(=O)N4CCN(C)CC4)cc3[N+](=O)[O-])nc12. The molecule has 1 saturated heterocycles. The molecule has 3 heterocycles. The minimum atomic E-state index is -3.79. The van der Waals surface area contributed by atoms with Crippen molar-refractivity contribution in [1.29, 1.82) is 0 Å². The molecule has 3 aromatic rings. The molecule has 164 valence electrons. The highest BCUT2D eigenvalue weighted by Gasteiger charge is 2.29. The van der Waals surface area contributed by atoms with Crippen LogP contribution in [-0.4, -0.2) is 65.2 Å². The number of aromatic nitrogens is 2. The van der Waals surface area contributed by atoms with E-state index in [9.17, 15) is 18.5 Å². The van der Waals surface area contributed by atoms with Gasteiger partial charge in [-0.15, -0.1) is 0 Å². The lowest BCUT2D eigenvalue weighted by Crippen LogP contribution is -2.47. The topological polar surface area (TPSA) is 113 Å². The maximum Gasteiger partial charge on any atom is 0.293 e. The average Bonchev–Trinajstić information content (AvgIpc) is 3.17. The molecule has 11 heteroatoms. The zero-order chi connectivity index (χ0) is 22.2. The van der Waals surface area contributed by atoms with Crippen LogP contribution in [0.4, 0.5) is 11.4 Å². The Morgan fingerprint density at radius 2 is 1.94 bits per heavy atom. The van der Waals surface area contributed by atoms with Crippen molar-refractivity contribution in [3.05, 3.63) is 64.1 Å². The van der Waals surface area contributed by atoms with E-state index in [4.69, 9.17) is 0 Å². The first-order chi connectivity index (χ1) is 14.8. The molecule has 0 amide bonds. The van der Waals surface area contributed by atoms with Gasteiger partial charge in [0, 0.05) is 44.6 Å². The summed E-state index contributed by atoms with van der Waals surface area (Å²) in [5.74, 6) is 0. The molecule has 4 rings (SSSR count). The predicted molar refractivity (Wildman–Crippen MR) is 117 cm³/mol. The van der Waals surface area contributed by atoms with Gasteiger partial charge in [0.2, 0.25) is 10.0 Å². The van der Waals surface area contributed by atoms with Crippen LogP contribution in [0.2, 0.25) is 0 Å². The van der Waals surface area contributed by atoms with E-state index in [2.05, 4.69) is 10.3 Å². The number of rotatable bonds is 6. The summed E-state index contributed by atoms with van der Waals surface area (Å²) in [6.45, 7) is 4.20. The van der Waals surface area contributed by atoms with Gasteiger partial charge >= 0.3 is 0 Å². The number of sulfonamides is 1. The Kier molecular flexibility index (Phi) is 5.65. The molecule has 1 fully saturated rings. The number of likely N-dealkylation sites (N-methyl/N-ethyl adjacent to an activating group) is 1. The zero-order valence-electron chi connectivity index (χ0n) is 17.4. The molecule has 0 bridgehead atoms. The molecule has 1 aliphatic rings. The largest absolute Gasteiger partial charge is 0.374 e. The molecule has 2 aromatic heterocycles. The van der Waals surface area contributed by atoms with E-state index >= 15 is 0 Å². The summed E-state index contributed by atoms with van der Waals surface area (Å²) >= 11 is 0. The van der Waals surface area contributed by atoms with Crippen LogP contribution < -0.4 is 5.32 Å². The van der Waals surface area contributed by atoms with E-state index in [0.29, 0.717) is 26.2 Å². The molecule has 0 spiro atoms. The summed E-state index contributed by atoms with van der Waals surface area (Å²) < 4.78 is 29.2. The van der Waals surface area contributed by atoms with Gasteiger partial charge < -0.3 is 14.6 Å². The van der Waals surface area contributed by atoms with Gasteiger partial charge in [-0.25, -0.2) is 13.4 Å². The molecule has 0 saturated carbocycles. The van der Waals surface area contributed by atoms with Crippen molar-refractivity contribution in [3.8, 4) is 0 Å². The van der Waals surface area contributed by atoms with Crippen molar-refractivity contribution in [2.75, 3.05) is 38.5 Å². The summed E-state index contributed by atoms with van der Waals surface area (Å²) in [7, 11) is -1.86. The molecular formula is C20H24N6O4S. The molecule has 0 atom stereocenters. The van der Waals surface area contributed by atoms with Gasteiger partial charge in [-0.05, 0) is 37.7 Å². The number of piperazine rings is 1. The van der Waals surface area contributed by atoms with Gasteiger partial charge in [-0.2, -0.15) is 4.31 Å². The Balaban J connectivity index is 1.57. The number of hydrogen-bond acceptors (Lipinski definition) is 7. The Hall–Kier alpha value is -3.02. The number of aryl methyl sites for hydroxylation is 1. The summed E-state index contributed by atoms with van der Waals surface area (Å²) in [6.07, 6.45) is 3.74. The van der Waals surface area contributed by atoms with Gasteiger partial charge in [0.15, 0.2) is 0 Å². The third-order valence-electron chi connectivity index (χ3n) is 5.45. The number of fused-ring (bicyclic) bond motifs is 1. The summed E-state index contributed by atoms with van der Waals surface area (Å²) in [4.78, 5) is 17.6. The Morgan fingerprint density at radius 1 is 1.19 bits per heavy atom. The number of nitrogens with one attached hydrogen (secondary N) is 1. The minimum absolute atomic E-state index is 0.0716. The van der Waals surface area contributed by atoms with Crippen molar-refractivity contribution in [3.63, 3.8) is 0 Å². The molecule has 0 unspecified atom stereocenters. The monoisotopic (exact) mass is 444 g/mol. The second kappa shape index (κ2) is 8.25. The number of hydrogen-bond donors (Lipinski definition) is 1. The average molecular weight is 445 g/mol. The number of nitrogens with zero attached hydrogens (tertiary/aromatic N) is 5. The number of nitro groups is 1. The first-order valence-electron chi connectivity index (χ1n) is 9.90. The molecular weight excluding hydrogens is 420 g/mol. The molecule has 10 nitrogen and oxygen atoms in total. The normalized spacial score (nSPS) is 15.9. The van der Waals surface area contributed by atoms with E-state index in [-0.39, 0.29) is 22.8 Å². The van der Waals surface area contributed by atoms with Crippen LogP contribution in [0.3, 0.4) is 0 Å². The molecule has 1 aliphatic heterocycles. The summed E-state index contributed by atoms with van der Waals surface area (Å²) in [6, 6.07) is 7.87. The second-order valence-corrected chi connectivity index (χ2v) is 9.59. The van der Waals surface area contributed by atoms with E-state index < -0.39 is 14.9 Å². The lowest BCUT2D eigenvalue weighted by Gasteiger charge is -2.31. The maximum atomic E-state index is 12.9. The van der Waals surface area contributed by atoms with Gasteiger partial charge in [-0.3, -0.25) is 10.1 Å². The molecule has 0 aliphatic carbocycles. The van der Waals surface area contributed by atoms with Crippen LogP contribution in [0.25, 0.3) is 5.65 Å². The van der Waals surface area contributed by atoms with E-state index in [0.717, 1.165) is 23.0 Å². The van der Waals surface area contributed by atoms with Crippen LogP contribution in [0.5, 0.6) is 0 Å². The highest BCUT2D eigenvalue weighted by atomic mass is 32.2. The number of pyridine rings is 1. The van der Waals surface area contributed by atoms with Gasteiger partial charge in [0.05, 0.1) is 22.1 Å². The van der Waals surface area contributed by atoms with E-state index in [1.165, 1.54) is 16.4 Å². The number of benzene rings is 1. The lowest BCUT2D eigenvalue weighted by atomic mass is 10.2. The lowest BCUT2D eigenvalue weighted by molar-refractivity contribution is -0.384. The van der Waals surface area contributed by atoms with Gasteiger partial charge in [0.25, 0.3) is 5.69 Å². The van der Waals surface area contributed by atoms with Crippen molar-refractivity contribution < 1.29 is 13.3 Å². The van der Waals surface area contributed by atoms with Crippen molar-refractivity contribution >= 4 is 27.0 Å². The zero-order valence-corrected chi connectivity index (χ0v) is 18.2. The van der Waals surface area contributed by atoms with Crippen molar-refractivity contribution in [1.82, 2.24) is 18.6 Å². The summed E-state index contributed by atoms with van der Waals surface area (Å²) in [5.41, 5.74) is 2.53. The minimum Gasteiger partial charge on any atom is -0.374 e. The quantitative estimate of drug-likeness (QED) is 0.457. The molecule has 1 aromatic carbocycles. The Bertz CT molecular complexity index is 1230. The molecule has 0 radical (unpaired) electrons. The van der Waals surface area contributed by atoms with Crippen LogP contribution in [0.1, 0.15) is 11.3 Å². The predicted octanol–water partition coefficient (Wildman–Crippen LogP) is 2.10. The Morgan fingerprint density at radius 3 is 2.61 bits per heavy atom.